The quantitative estimate of drug-likeness (QED) is 0.475. The number of hydrogen-bond acceptors (Lipinski definition) is 5. The molecule has 0 N–H and O–H groups in total. The van der Waals surface area contributed by atoms with Crippen LogP contribution in [0.5, 0.6) is 0 Å². The number of ketones is 1. The van der Waals surface area contributed by atoms with Crippen LogP contribution in [0.2, 0.25) is 10.0 Å². The molecule has 0 aromatic heterocycles. The van der Waals surface area contributed by atoms with Gasteiger partial charge in [-0.15, -0.1) is 0 Å². The highest BCUT2D eigenvalue weighted by Crippen LogP contribution is 2.30. The number of nitrogens with zero attached hydrogens (tertiary/aromatic N) is 4. The van der Waals surface area contributed by atoms with E-state index >= 15 is 0 Å². The van der Waals surface area contributed by atoms with Crippen molar-refractivity contribution >= 4 is 46.4 Å². The minimum Gasteiger partial charge on any atom is -0.369 e. The van der Waals surface area contributed by atoms with Gasteiger partial charge in [-0.05, 0) is 62.1 Å². The minimum atomic E-state index is -0.0186. The van der Waals surface area contributed by atoms with Crippen molar-refractivity contribution in [2.45, 2.75) is 0 Å². The molecule has 2 aliphatic rings. The molecule has 0 bridgehead atoms. The third kappa shape index (κ3) is 5.46. The maximum absolute atomic E-state index is 13.2. The molecule has 170 valence electrons. The first kappa shape index (κ1) is 23.1. The molecule has 2 saturated heterocycles. The lowest BCUT2D eigenvalue weighted by Crippen LogP contribution is -2.46. The van der Waals surface area contributed by atoms with Crippen LogP contribution in [0.3, 0.4) is 0 Å². The van der Waals surface area contributed by atoms with E-state index < -0.39 is 0 Å². The largest absolute Gasteiger partial charge is 0.369 e. The molecule has 7 heteroatoms. The van der Waals surface area contributed by atoms with E-state index in [4.69, 9.17) is 23.2 Å². The molecule has 4 rings (SSSR count). The van der Waals surface area contributed by atoms with E-state index in [0.717, 1.165) is 69.2 Å². The van der Waals surface area contributed by atoms with Crippen molar-refractivity contribution in [2.24, 2.45) is 0 Å². The molecule has 0 unspecified atom stereocenters. The topological polar surface area (TPSA) is 30.0 Å². The number of likely N-dealkylation sites (N-methyl/N-ethyl adjacent to an activating group) is 2. The molecule has 2 aromatic rings. The molecule has 0 spiro atoms. The number of halogens is 2. The summed E-state index contributed by atoms with van der Waals surface area (Å²) < 4.78 is 0. The summed E-state index contributed by atoms with van der Waals surface area (Å²) in [5.74, 6) is -0.0186. The maximum Gasteiger partial charge on any atom is 0.187 e. The van der Waals surface area contributed by atoms with Crippen molar-refractivity contribution in [3.05, 3.63) is 63.6 Å². The molecule has 0 aliphatic carbocycles. The molecule has 0 amide bonds. The summed E-state index contributed by atoms with van der Waals surface area (Å²) in [6.45, 7) is 7.91. The molecule has 2 aliphatic heterocycles. The lowest BCUT2D eigenvalue weighted by molar-refractivity contribution is 0.104. The van der Waals surface area contributed by atoms with E-state index in [0.29, 0.717) is 10.0 Å². The van der Waals surface area contributed by atoms with Crippen LogP contribution in [-0.2, 0) is 0 Å². The first-order chi connectivity index (χ1) is 15.4. The van der Waals surface area contributed by atoms with E-state index in [1.807, 2.05) is 12.1 Å². The highest BCUT2D eigenvalue weighted by molar-refractivity contribution is 6.35. The fourth-order valence-corrected chi connectivity index (χ4v) is 4.66. The Kier molecular flexibility index (Phi) is 7.41. The zero-order chi connectivity index (χ0) is 22.7. The van der Waals surface area contributed by atoms with Crippen molar-refractivity contribution in [3.8, 4) is 0 Å². The van der Waals surface area contributed by atoms with Crippen LogP contribution in [0, 0.1) is 0 Å². The van der Waals surface area contributed by atoms with Gasteiger partial charge < -0.3 is 19.6 Å². The molecular weight excluding hydrogens is 443 g/mol. The third-order valence-electron chi connectivity index (χ3n) is 6.34. The van der Waals surface area contributed by atoms with Gasteiger partial charge in [-0.25, -0.2) is 0 Å². The summed E-state index contributed by atoms with van der Waals surface area (Å²) in [7, 11) is 4.30. The van der Waals surface area contributed by atoms with E-state index in [1.165, 1.54) is 5.69 Å². The normalized spacial score (nSPS) is 18.5. The highest BCUT2D eigenvalue weighted by Gasteiger charge is 2.22. The highest BCUT2D eigenvalue weighted by atomic mass is 35.5. The first-order valence-electron chi connectivity index (χ1n) is 11.1. The predicted molar refractivity (Wildman–Crippen MR) is 136 cm³/mol. The van der Waals surface area contributed by atoms with Crippen LogP contribution in [0.15, 0.2) is 42.5 Å². The lowest BCUT2D eigenvalue weighted by atomic mass is 10.0. The van der Waals surface area contributed by atoms with Crippen LogP contribution in [0.1, 0.15) is 15.9 Å². The maximum atomic E-state index is 13.2. The Labute approximate surface area is 200 Å². The third-order valence-corrected chi connectivity index (χ3v) is 6.90. The fraction of sp³-hybridized carbons (Fsp3) is 0.400. The Bertz CT molecular complexity index is 993. The van der Waals surface area contributed by atoms with Crippen LogP contribution in [0.25, 0.3) is 6.08 Å². The molecule has 0 radical (unpaired) electrons. The van der Waals surface area contributed by atoms with Gasteiger partial charge in [0.2, 0.25) is 0 Å². The fourth-order valence-electron chi connectivity index (χ4n) is 4.19. The van der Waals surface area contributed by atoms with Gasteiger partial charge in [0.1, 0.15) is 0 Å². The van der Waals surface area contributed by atoms with Crippen molar-refractivity contribution in [3.63, 3.8) is 0 Å². The van der Waals surface area contributed by atoms with Crippen LogP contribution in [-0.4, -0.2) is 82.0 Å². The number of benzene rings is 2. The second kappa shape index (κ2) is 10.3. The summed E-state index contributed by atoms with van der Waals surface area (Å²) in [4.78, 5) is 22.7. The zero-order valence-corrected chi connectivity index (χ0v) is 20.2. The number of rotatable bonds is 5. The van der Waals surface area contributed by atoms with Crippen molar-refractivity contribution < 1.29 is 4.79 Å². The monoisotopic (exact) mass is 472 g/mol. The molecule has 2 fully saturated rings. The van der Waals surface area contributed by atoms with Crippen LogP contribution >= 0.6 is 23.2 Å². The van der Waals surface area contributed by atoms with Gasteiger partial charge in [0.25, 0.3) is 0 Å². The summed E-state index contributed by atoms with van der Waals surface area (Å²) in [6, 6.07) is 11.6. The SMILES string of the molecule is CN1CCN(c2ccc(C(=O)C=Cc3ccc(Cl)cc3Cl)c(N3CCN(C)CC3)c2)CC1. The minimum absolute atomic E-state index is 0.0186. The number of allylic oxidation sites excluding steroid dienone is 1. The molecule has 5 nitrogen and oxygen atoms in total. The second-order valence-electron chi connectivity index (χ2n) is 8.65. The van der Waals surface area contributed by atoms with Gasteiger partial charge in [0.05, 0.1) is 5.69 Å². The van der Waals surface area contributed by atoms with E-state index in [-0.39, 0.29) is 5.78 Å². The lowest BCUT2D eigenvalue weighted by Gasteiger charge is -2.37. The number of carbonyl (C=O) groups excluding carboxylic acids is 1. The summed E-state index contributed by atoms with van der Waals surface area (Å²) in [5.41, 5.74) is 3.72. The second-order valence-corrected chi connectivity index (χ2v) is 9.49. The Balaban J connectivity index is 1.62. The number of carbonyl (C=O) groups is 1. The standard InChI is InChI=1S/C25H30Cl2N4O/c1-28-9-13-30(14-10-28)21-6-7-22(24(18-21)31-15-11-29(2)12-16-31)25(32)8-4-19-3-5-20(26)17-23(19)27/h3-8,17-18H,9-16H2,1-2H3. The molecule has 0 saturated carbocycles. The van der Waals surface area contributed by atoms with Gasteiger partial charge in [0.15, 0.2) is 5.78 Å². The summed E-state index contributed by atoms with van der Waals surface area (Å²) >= 11 is 12.3. The summed E-state index contributed by atoms with van der Waals surface area (Å²) in [6.07, 6.45) is 3.38. The van der Waals surface area contributed by atoms with Gasteiger partial charge in [-0.2, -0.15) is 0 Å². The molecule has 32 heavy (non-hydrogen) atoms. The van der Waals surface area contributed by atoms with Gasteiger partial charge >= 0.3 is 0 Å². The van der Waals surface area contributed by atoms with Crippen LogP contribution in [0.4, 0.5) is 11.4 Å². The number of piperazine rings is 2. The van der Waals surface area contributed by atoms with Gasteiger partial charge in [0, 0.05) is 73.7 Å². The molecule has 2 heterocycles. The average Bonchev–Trinajstić information content (AvgIpc) is 2.79. The van der Waals surface area contributed by atoms with E-state index in [9.17, 15) is 4.79 Å². The molecular formula is C25H30Cl2N4O. The number of anilines is 2. The van der Waals surface area contributed by atoms with Gasteiger partial charge in [-0.1, -0.05) is 29.3 Å². The predicted octanol–water partition coefficient (Wildman–Crippen LogP) is 4.39. The Morgan fingerprint density at radius 2 is 1.44 bits per heavy atom. The molecule has 2 aromatic carbocycles. The average molecular weight is 473 g/mol. The van der Waals surface area contributed by atoms with E-state index in [1.54, 1.807) is 24.3 Å². The number of hydrogen-bond donors (Lipinski definition) is 0. The van der Waals surface area contributed by atoms with Crippen molar-refractivity contribution in [2.75, 3.05) is 76.3 Å². The van der Waals surface area contributed by atoms with E-state index in [2.05, 4.69) is 45.8 Å². The van der Waals surface area contributed by atoms with Crippen LogP contribution < -0.4 is 9.80 Å². The Morgan fingerprint density at radius 1 is 0.812 bits per heavy atom. The Morgan fingerprint density at radius 3 is 2.06 bits per heavy atom. The summed E-state index contributed by atoms with van der Waals surface area (Å²) in [5, 5.41) is 1.11. The molecule has 0 atom stereocenters. The zero-order valence-electron chi connectivity index (χ0n) is 18.7. The smallest absolute Gasteiger partial charge is 0.187 e. The van der Waals surface area contributed by atoms with Crippen molar-refractivity contribution in [1.82, 2.24) is 9.80 Å². The first-order valence-corrected chi connectivity index (χ1v) is 11.8. The van der Waals surface area contributed by atoms with Gasteiger partial charge in [-0.3, -0.25) is 4.79 Å². The van der Waals surface area contributed by atoms with Crippen molar-refractivity contribution in [1.29, 1.82) is 0 Å². The Hall–Kier alpha value is -2.05.